The number of rotatable bonds is 4. The van der Waals surface area contributed by atoms with Gasteiger partial charge in [0.1, 0.15) is 6.04 Å². The normalized spacial score (nSPS) is 28.4. The van der Waals surface area contributed by atoms with E-state index in [0.29, 0.717) is 6.54 Å². The Morgan fingerprint density at radius 3 is 2.43 bits per heavy atom. The van der Waals surface area contributed by atoms with Crippen LogP contribution in [0.1, 0.15) is 46.1 Å². The quantitative estimate of drug-likeness (QED) is 0.752. The number of fused-ring (bicyclic) bond motifs is 5. The number of unbranched alkanes of at least 4 members (excludes halogenated alkanes) is 1. The molecule has 2 fully saturated rings. The number of carbonyl (C=O) groups is 3. The number of ketones is 1. The summed E-state index contributed by atoms with van der Waals surface area (Å²) in [6.45, 7) is 8.16. The van der Waals surface area contributed by atoms with Gasteiger partial charge in [-0.3, -0.25) is 19.3 Å². The van der Waals surface area contributed by atoms with Crippen molar-refractivity contribution in [3.63, 3.8) is 0 Å². The van der Waals surface area contributed by atoms with Crippen molar-refractivity contribution in [3.8, 4) is 0 Å². The predicted molar refractivity (Wildman–Crippen MR) is 109 cm³/mol. The van der Waals surface area contributed by atoms with Crippen molar-refractivity contribution in [2.45, 2.75) is 52.6 Å². The number of benzene rings is 1. The number of imide groups is 1. The zero-order valence-corrected chi connectivity index (χ0v) is 17.0. The molecule has 0 aliphatic carbocycles. The molecule has 1 aromatic carbocycles. The van der Waals surface area contributed by atoms with Gasteiger partial charge in [0.2, 0.25) is 11.8 Å². The van der Waals surface area contributed by atoms with Crippen molar-refractivity contribution in [3.05, 3.63) is 35.9 Å². The van der Waals surface area contributed by atoms with Gasteiger partial charge < -0.3 is 4.90 Å². The smallest absolute Gasteiger partial charge is 0.235 e. The van der Waals surface area contributed by atoms with E-state index in [1.165, 1.54) is 4.90 Å². The Hall–Kier alpha value is -2.43. The molecule has 0 saturated carbocycles. The van der Waals surface area contributed by atoms with Crippen molar-refractivity contribution < 1.29 is 14.4 Å². The first kappa shape index (κ1) is 18.9. The lowest BCUT2D eigenvalue weighted by Crippen LogP contribution is -2.51. The number of Topliss-reactive ketones (excluding diaryl/α,β-unsaturated/α-hetero) is 1. The lowest BCUT2D eigenvalue weighted by molar-refractivity contribution is -0.142. The van der Waals surface area contributed by atoms with Crippen LogP contribution in [0.4, 0.5) is 5.69 Å². The van der Waals surface area contributed by atoms with Crippen LogP contribution in [0.5, 0.6) is 0 Å². The van der Waals surface area contributed by atoms with Gasteiger partial charge in [-0.2, -0.15) is 0 Å². The molecule has 3 heterocycles. The van der Waals surface area contributed by atoms with Crippen LogP contribution in [-0.2, 0) is 14.4 Å². The Labute approximate surface area is 166 Å². The lowest BCUT2D eigenvalue weighted by atomic mass is 9.79. The number of amides is 2. The zero-order chi connectivity index (χ0) is 20.2. The van der Waals surface area contributed by atoms with E-state index in [0.717, 1.165) is 24.1 Å². The minimum Gasteiger partial charge on any atom is -0.353 e. The Bertz CT molecular complexity index is 867. The second-order valence-electron chi connectivity index (χ2n) is 9.11. The first-order valence-corrected chi connectivity index (χ1v) is 10.2. The van der Waals surface area contributed by atoms with Crippen LogP contribution in [0.15, 0.2) is 30.3 Å². The summed E-state index contributed by atoms with van der Waals surface area (Å²) in [5, 5.41) is 0. The minimum atomic E-state index is -0.607. The van der Waals surface area contributed by atoms with Crippen molar-refractivity contribution in [1.29, 1.82) is 0 Å². The summed E-state index contributed by atoms with van der Waals surface area (Å²) in [6.07, 6.45) is 5.73. The third kappa shape index (κ3) is 2.63. The molecule has 0 radical (unpaired) electrons. The van der Waals surface area contributed by atoms with Crippen LogP contribution in [-0.4, -0.2) is 41.1 Å². The highest BCUT2D eigenvalue weighted by Gasteiger charge is 2.64. The van der Waals surface area contributed by atoms with E-state index in [-0.39, 0.29) is 23.6 Å². The molecule has 2 amide bonds. The van der Waals surface area contributed by atoms with Crippen molar-refractivity contribution >= 4 is 29.4 Å². The highest BCUT2D eigenvalue weighted by Crippen LogP contribution is 2.49. The second-order valence-corrected chi connectivity index (χ2v) is 9.11. The molecule has 0 bridgehead atoms. The standard InChI is InChI=1S/C23H28N2O3/c1-5-6-13-24-21(27)17-16-12-11-14-9-7-8-10-15(14)25(16)19(18(17)22(24)28)20(26)23(2,3)4/h7-12,16-19H,5-6,13H2,1-4H3/t16-,17-,18+,19-/m1/s1. The third-order valence-corrected chi connectivity index (χ3v) is 6.25. The first-order valence-electron chi connectivity index (χ1n) is 10.2. The zero-order valence-electron chi connectivity index (χ0n) is 17.0. The van der Waals surface area contributed by atoms with Crippen molar-refractivity contribution in [1.82, 2.24) is 4.90 Å². The van der Waals surface area contributed by atoms with Gasteiger partial charge in [0, 0.05) is 17.6 Å². The topological polar surface area (TPSA) is 57.7 Å². The van der Waals surface area contributed by atoms with E-state index in [1.54, 1.807) is 0 Å². The largest absolute Gasteiger partial charge is 0.353 e. The summed E-state index contributed by atoms with van der Waals surface area (Å²) in [7, 11) is 0. The second kappa shape index (κ2) is 6.57. The van der Waals surface area contributed by atoms with Crippen LogP contribution in [0.25, 0.3) is 6.08 Å². The van der Waals surface area contributed by atoms with Gasteiger partial charge >= 0.3 is 0 Å². The van der Waals surface area contributed by atoms with Gasteiger partial charge in [-0.05, 0) is 18.1 Å². The number of likely N-dealkylation sites (tertiary alicyclic amines) is 1. The SMILES string of the molecule is CCCCN1C(=O)[C@H]2[C@H](C1=O)[C@H](C(=O)C(C)(C)C)N1c3ccccc3C=C[C@H]21. The minimum absolute atomic E-state index is 0.0218. The average molecular weight is 380 g/mol. The summed E-state index contributed by atoms with van der Waals surface area (Å²) >= 11 is 0. The number of carbonyl (C=O) groups excluding carboxylic acids is 3. The predicted octanol–water partition coefficient (Wildman–Crippen LogP) is 3.29. The van der Waals surface area contributed by atoms with E-state index >= 15 is 0 Å². The molecule has 148 valence electrons. The van der Waals surface area contributed by atoms with Crippen LogP contribution >= 0.6 is 0 Å². The number of nitrogens with zero attached hydrogens (tertiary/aromatic N) is 2. The number of hydrogen-bond acceptors (Lipinski definition) is 4. The fourth-order valence-electron chi connectivity index (χ4n) is 4.86. The highest BCUT2D eigenvalue weighted by atomic mass is 16.2. The molecule has 4 rings (SSSR count). The van der Waals surface area contributed by atoms with Crippen LogP contribution in [0.3, 0.4) is 0 Å². The Morgan fingerprint density at radius 2 is 1.75 bits per heavy atom. The highest BCUT2D eigenvalue weighted by molar-refractivity contribution is 6.11. The Kier molecular flexibility index (Phi) is 4.44. The molecule has 0 N–H and O–H groups in total. The van der Waals surface area contributed by atoms with Crippen molar-refractivity contribution in [2.24, 2.45) is 17.3 Å². The molecule has 5 nitrogen and oxygen atoms in total. The molecule has 0 spiro atoms. The maximum Gasteiger partial charge on any atom is 0.235 e. The summed E-state index contributed by atoms with van der Waals surface area (Å²) in [5.74, 6) is -1.35. The van der Waals surface area contributed by atoms with E-state index in [1.807, 2.05) is 69.0 Å². The molecule has 3 aliphatic heterocycles. The summed E-state index contributed by atoms with van der Waals surface area (Å²) in [4.78, 5) is 43.5. The van der Waals surface area contributed by atoms with E-state index in [2.05, 4.69) is 0 Å². The molecule has 0 unspecified atom stereocenters. The summed E-state index contributed by atoms with van der Waals surface area (Å²) in [5.41, 5.74) is 1.36. The molecular formula is C23H28N2O3. The molecule has 2 saturated heterocycles. The fourth-order valence-corrected chi connectivity index (χ4v) is 4.86. The first-order chi connectivity index (χ1) is 13.3. The molecule has 3 aliphatic rings. The maximum absolute atomic E-state index is 13.5. The molecule has 0 aromatic heterocycles. The van der Waals surface area contributed by atoms with Crippen LogP contribution in [0.2, 0.25) is 0 Å². The van der Waals surface area contributed by atoms with E-state index in [9.17, 15) is 14.4 Å². The van der Waals surface area contributed by atoms with Gasteiger partial charge in [0.15, 0.2) is 5.78 Å². The fraction of sp³-hybridized carbons (Fsp3) is 0.522. The van der Waals surface area contributed by atoms with Crippen molar-refractivity contribution in [2.75, 3.05) is 11.4 Å². The number of anilines is 1. The van der Waals surface area contributed by atoms with Crippen LogP contribution in [0, 0.1) is 17.3 Å². The van der Waals surface area contributed by atoms with E-state index < -0.39 is 23.3 Å². The molecule has 5 heteroatoms. The Balaban J connectivity index is 1.82. The van der Waals surface area contributed by atoms with Gasteiger partial charge in [0.05, 0.1) is 17.9 Å². The number of para-hydroxylation sites is 1. The molecule has 28 heavy (non-hydrogen) atoms. The number of hydrogen-bond donors (Lipinski definition) is 0. The van der Waals surface area contributed by atoms with Gasteiger partial charge in [0.25, 0.3) is 0 Å². The average Bonchev–Trinajstić information content (AvgIpc) is 3.12. The summed E-state index contributed by atoms with van der Waals surface area (Å²) < 4.78 is 0. The van der Waals surface area contributed by atoms with Gasteiger partial charge in [-0.25, -0.2) is 0 Å². The van der Waals surface area contributed by atoms with E-state index in [4.69, 9.17) is 0 Å². The van der Waals surface area contributed by atoms with Gasteiger partial charge in [-0.1, -0.05) is 64.5 Å². The summed E-state index contributed by atoms with van der Waals surface area (Å²) in [6, 6.07) is 7.04. The van der Waals surface area contributed by atoms with Gasteiger partial charge in [-0.15, -0.1) is 0 Å². The molecular weight excluding hydrogens is 352 g/mol. The Morgan fingerprint density at radius 1 is 1.07 bits per heavy atom. The lowest BCUT2D eigenvalue weighted by Gasteiger charge is -2.38. The molecule has 4 atom stereocenters. The van der Waals surface area contributed by atoms with Crippen LogP contribution < -0.4 is 4.90 Å². The molecule has 1 aromatic rings. The monoisotopic (exact) mass is 380 g/mol. The third-order valence-electron chi connectivity index (χ3n) is 6.25. The maximum atomic E-state index is 13.5.